The summed E-state index contributed by atoms with van der Waals surface area (Å²) in [6, 6.07) is 3.22. The quantitative estimate of drug-likeness (QED) is 0.785. The topological polar surface area (TPSA) is 72.4 Å². The lowest BCUT2D eigenvalue weighted by atomic mass is 10.4. The van der Waals surface area contributed by atoms with E-state index in [9.17, 15) is 4.79 Å². The zero-order chi connectivity index (χ0) is 12.7. The van der Waals surface area contributed by atoms with E-state index in [2.05, 4.69) is 31.3 Å². The highest BCUT2D eigenvalue weighted by molar-refractivity contribution is 9.10. The summed E-state index contributed by atoms with van der Waals surface area (Å²) in [6.45, 7) is 1.92. The molecule has 3 aromatic rings. The second-order valence-corrected chi connectivity index (χ2v) is 5.18. The number of carbonyl (C=O) groups is 1. The summed E-state index contributed by atoms with van der Waals surface area (Å²) in [5, 5.41) is 8.71. The molecule has 0 saturated heterocycles. The molecule has 0 unspecified atom stereocenters. The molecule has 18 heavy (non-hydrogen) atoms. The minimum Gasteiger partial charge on any atom is -0.444 e. The Morgan fingerprint density at radius 3 is 3.06 bits per heavy atom. The third-order valence-corrected chi connectivity index (χ3v) is 3.63. The summed E-state index contributed by atoms with van der Waals surface area (Å²) in [6.07, 6.45) is 0. The molecule has 0 spiro atoms. The summed E-state index contributed by atoms with van der Waals surface area (Å²) >= 11 is 4.61. The predicted octanol–water partition coefficient (Wildman–Crippen LogP) is 2.71. The summed E-state index contributed by atoms with van der Waals surface area (Å²) < 4.78 is 7.32. The van der Waals surface area contributed by atoms with Gasteiger partial charge in [-0.2, -0.15) is 4.98 Å². The van der Waals surface area contributed by atoms with Crippen LogP contribution in [0.4, 0.5) is 5.95 Å². The number of aromatic nitrogens is 3. The maximum absolute atomic E-state index is 11.8. The van der Waals surface area contributed by atoms with Crippen LogP contribution in [0.25, 0.3) is 4.96 Å². The maximum Gasteiger partial charge on any atom is 0.293 e. The van der Waals surface area contributed by atoms with Gasteiger partial charge in [0.15, 0.2) is 10.4 Å². The Balaban J connectivity index is 1.85. The van der Waals surface area contributed by atoms with E-state index in [1.807, 2.05) is 12.3 Å². The fourth-order valence-electron chi connectivity index (χ4n) is 1.44. The zero-order valence-electron chi connectivity index (χ0n) is 9.18. The maximum atomic E-state index is 11.8. The third kappa shape index (κ3) is 1.93. The minimum atomic E-state index is -0.378. The van der Waals surface area contributed by atoms with Gasteiger partial charge in [0, 0.05) is 5.38 Å². The summed E-state index contributed by atoms with van der Waals surface area (Å²) in [7, 11) is 0. The number of amides is 1. The van der Waals surface area contributed by atoms with E-state index in [-0.39, 0.29) is 17.6 Å². The SMILES string of the molecule is Cc1csc2nc(NC(=O)c3ccc(Br)o3)nn12. The molecule has 0 fully saturated rings. The van der Waals surface area contributed by atoms with E-state index in [0.29, 0.717) is 4.67 Å². The number of thiazole rings is 1. The first-order valence-electron chi connectivity index (χ1n) is 5.01. The van der Waals surface area contributed by atoms with Crippen molar-refractivity contribution < 1.29 is 9.21 Å². The van der Waals surface area contributed by atoms with Crippen molar-refractivity contribution in [3.63, 3.8) is 0 Å². The highest BCUT2D eigenvalue weighted by atomic mass is 79.9. The highest BCUT2D eigenvalue weighted by Crippen LogP contribution is 2.17. The molecule has 8 heteroatoms. The number of anilines is 1. The number of halogens is 1. The molecular weight excluding hydrogens is 320 g/mol. The van der Waals surface area contributed by atoms with Crippen LogP contribution < -0.4 is 5.32 Å². The van der Waals surface area contributed by atoms with Crippen molar-refractivity contribution in [2.45, 2.75) is 6.92 Å². The Hall–Kier alpha value is -1.67. The lowest BCUT2D eigenvalue weighted by molar-refractivity contribution is 0.0994. The molecule has 0 bridgehead atoms. The molecule has 0 radical (unpaired) electrons. The van der Waals surface area contributed by atoms with Gasteiger partial charge in [-0.3, -0.25) is 10.1 Å². The van der Waals surface area contributed by atoms with E-state index in [0.717, 1.165) is 10.7 Å². The first-order valence-corrected chi connectivity index (χ1v) is 6.68. The van der Waals surface area contributed by atoms with Crippen LogP contribution in [0.3, 0.4) is 0 Å². The van der Waals surface area contributed by atoms with Gasteiger partial charge < -0.3 is 4.42 Å². The second kappa shape index (κ2) is 4.21. The summed E-state index contributed by atoms with van der Waals surface area (Å²) in [5.74, 6) is 0.0934. The van der Waals surface area contributed by atoms with E-state index in [4.69, 9.17) is 4.42 Å². The first kappa shape index (κ1) is 11.4. The van der Waals surface area contributed by atoms with E-state index < -0.39 is 0 Å². The second-order valence-electron chi connectivity index (χ2n) is 3.56. The molecule has 0 aliphatic heterocycles. The predicted molar refractivity (Wildman–Crippen MR) is 70.0 cm³/mol. The number of hydrogen-bond acceptors (Lipinski definition) is 5. The molecule has 3 heterocycles. The molecule has 1 amide bonds. The Kier molecular flexibility index (Phi) is 2.67. The number of fused-ring (bicyclic) bond motifs is 1. The molecule has 3 rings (SSSR count). The molecule has 0 aliphatic carbocycles. The Labute approximate surface area is 114 Å². The third-order valence-electron chi connectivity index (χ3n) is 2.27. The van der Waals surface area contributed by atoms with Crippen LogP contribution in [0.15, 0.2) is 26.6 Å². The standard InChI is InChI=1S/C10H7BrN4O2S/c1-5-4-18-10-13-9(14-15(5)10)12-8(16)6-2-3-7(11)17-6/h2-4H,1H3,(H,12,14,16). The fraction of sp³-hybridized carbons (Fsp3) is 0.100. The van der Waals surface area contributed by atoms with Gasteiger partial charge in [0.1, 0.15) is 0 Å². The number of aryl methyl sites for hydroxylation is 1. The van der Waals surface area contributed by atoms with Crippen LogP contribution in [0.2, 0.25) is 0 Å². The van der Waals surface area contributed by atoms with Gasteiger partial charge in [0.05, 0.1) is 5.69 Å². The molecule has 6 nitrogen and oxygen atoms in total. The number of nitrogens with zero attached hydrogens (tertiary/aromatic N) is 3. The lowest BCUT2D eigenvalue weighted by Gasteiger charge is -1.95. The van der Waals surface area contributed by atoms with Crippen molar-refractivity contribution in [2.75, 3.05) is 5.32 Å². The van der Waals surface area contributed by atoms with Gasteiger partial charge in [-0.05, 0) is 35.0 Å². The average molecular weight is 327 g/mol. The average Bonchev–Trinajstić information content (AvgIpc) is 2.98. The van der Waals surface area contributed by atoms with E-state index in [1.54, 1.807) is 16.6 Å². The van der Waals surface area contributed by atoms with Crippen LogP contribution >= 0.6 is 27.3 Å². The van der Waals surface area contributed by atoms with Gasteiger partial charge >= 0.3 is 0 Å². The Morgan fingerprint density at radius 2 is 2.39 bits per heavy atom. The first-order chi connectivity index (χ1) is 8.63. The fourth-order valence-corrected chi connectivity index (χ4v) is 2.55. The summed E-state index contributed by atoms with van der Waals surface area (Å²) in [4.78, 5) is 16.7. The molecule has 0 aliphatic rings. The van der Waals surface area contributed by atoms with E-state index in [1.165, 1.54) is 11.3 Å². The van der Waals surface area contributed by atoms with Crippen molar-refractivity contribution in [2.24, 2.45) is 0 Å². The molecular formula is C10H7BrN4O2S. The molecule has 0 aromatic carbocycles. The molecule has 0 saturated carbocycles. The van der Waals surface area contributed by atoms with Crippen LogP contribution in [-0.4, -0.2) is 20.5 Å². The monoisotopic (exact) mass is 326 g/mol. The van der Waals surface area contributed by atoms with Gasteiger partial charge in [-0.1, -0.05) is 0 Å². The minimum absolute atomic E-state index is 0.205. The van der Waals surface area contributed by atoms with Crippen LogP contribution in [0, 0.1) is 6.92 Å². The normalized spacial score (nSPS) is 11.0. The van der Waals surface area contributed by atoms with Crippen molar-refractivity contribution >= 4 is 44.1 Å². The number of nitrogens with one attached hydrogen (secondary N) is 1. The van der Waals surface area contributed by atoms with Crippen molar-refractivity contribution in [1.29, 1.82) is 0 Å². The summed E-state index contributed by atoms with van der Waals surface area (Å²) in [5.41, 5.74) is 0.976. The molecule has 0 atom stereocenters. The van der Waals surface area contributed by atoms with Crippen molar-refractivity contribution in [3.8, 4) is 0 Å². The van der Waals surface area contributed by atoms with Gasteiger partial charge in [-0.25, -0.2) is 4.52 Å². The zero-order valence-corrected chi connectivity index (χ0v) is 11.6. The van der Waals surface area contributed by atoms with E-state index >= 15 is 0 Å². The molecule has 92 valence electrons. The van der Waals surface area contributed by atoms with Crippen LogP contribution in [0.1, 0.15) is 16.2 Å². The lowest BCUT2D eigenvalue weighted by Crippen LogP contribution is -2.12. The van der Waals surface area contributed by atoms with Gasteiger partial charge in [0.25, 0.3) is 11.9 Å². The number of furan rings is 1. The van der Waals surface area contributed by atoms with Crippen molar-refractivity contribution in [3.05, 3.63) is 33.6 Å². The van der Waals surface area contributed by atoms with Gasteiger partial charge in [0.2, 0.25) is 4.96 Å². The largest absolute Gasteiger partial charge is 0.444 e. The number of hydrogen-bond donors (Lipinski definition) is 1. The Bertz CT molecular complexity index is 729. The number of carbonyl (C=O) groups excluding carboxylic acids is 1. The van der Waals surface area contributed by atoms with Crippen molar-refractivity contribution in [1.82, 2.24) is 14.6 Å². The van der Waals surface area contributed by atoms with Gasteiger partial charge in [-0.15, -0.1) is 16.4 Å². The smallest absolute Gasteiger partial charge is 0.293 e. The van der Waals surface area contributed by atoms with Crippen LogP contribution in [-0.2, 0) is 0 Å². The number of rotatable bonds is 2. The molecule has 3 aromatic heterocycles. The highest BCUT2D eigenvalue weighted by Gasteiger charge is 2.14. The molecule has 1 N–H and O–H groups in total. The van der Waals surface area contributed by atoms with Crippen LogP contribution in [0.5, 0.6) is 0 Å². The Morgan fingerprint density at radius 1 is 1.56 bits per heavy atom.